The molecule has 0 amide bonds. The third-order valence-electron chi connectivity index (χ3n) is 6.85. The summed E-state index contributed by atoms with van der Waals surface area (Å²) in [7, 11) is 0. The summed E-state index contributed by atoms with van der Waals surface area (Å²) in [5.41, 5.74) is 7.51. The summed E-state index contributed by atoms with van der Waals surface area (Å²) in [5, 5.41) is 4.61. The lowest BCUT2D eigenvalue weighted by atomic mass is 10.0. The van der Waals surface area contributed by atoms with Crippen LogP contribution in [0.1, 0.15) is 0 Å². The van der Waals surface area contributed by atoms with Crippen molar-refractivity contribution in [3.8, 4) is 11.1 Å². The summed E-state index contributed by atoms with van der Waals surface area (Å²) >= 11 is 0. The lowest BCUT2D eigenvalue weighted by Crippen LogP contribution is -2.09. The highest BCUT2D eigenvalue weighted by atomic mass is 16.3. The minimum atomic E-state index is 0.890. The van der Waals surface area contributed by atoms with Gasteiger partial charge in [0.05, 0.1) is 0 Å². The second-order valence-corrected chi connectivity index (χ2v) is 9.03. The molecule has 0 atom stereocenters. The maximum Gasteiger partial charge on any atom is 0.143 e. The monoisotopic (exact) mass is 461 g/mol. The molecule has 170 valence electrons. The summed E-state index contributed by atoms with van der Waals surface area (Å²) in [4.78, 5) is 2.28. The topological polar surface area (TPSA) is 16.4 Å². The van der Waals surface area contributed by atoms with E-state index in [1.807, 2.05) is 12.1 Å². The molecule has 0 bridgehead atoms. The minimum Gasteiger partial charge on any atom is -0.455 e. The fraction of sp³-hybridized carbons (Fsp3) is 0. The normalized spacial score (nSPS) is 11.3. The predicted octanol–water partition coefficient (Wildman–Crippen LogP) is 9.88. The summed E-state index contributed by atoms with van der Waals surface area (Å²) in [6.45, 7) is 0. The van der Waals surface area contributed by atoms with E-state index in [1.54, 1.807) is 0 Å². The number of rotatable bonds is 4. The highest BCUT2D eigenvalue weighted by molar-refractivity contribution is 6.15. The van der Waals surface area contributed by atoms with Gasteiger partial charge in [-0.2, -0.15) is 0 Å². The van der Waals surface area contributed by atoms with E-state index in [2.05, 4.69) is 132 Å². The molecule has 2 heteroatoms. The van der Waals surface area contributed by atoms with Gasteiger partial charge in [-0.3, -0.25) is 0 Å². The molecule has 0 aliphatic rings. The van der Waals surface area contributed by atoms with Crippen LogP contribution in [0.2, 0.25) is 0 Å². The first-order valence-corrected chi connectivity index (χ1v) is 12.2. The van der Waals surface area contributed by atoms with Gasteiger partial charge in [-0.05, 0) is 59.0 Å². The van der Waals surface area contributed by atoms with Gasteiger partial charge in [0.2, 0.25) is 0 Å². The lowest BCUT2D eigenvalue weighted by molar-refractivity contribution is 0.672. The zero-order chi connectivity index (χ0) is 23.9. The van der Waals surface area contributed by atoms with Crippen LogP contribution in [0.15, 0.2) is 144 Å². The highest BCUT2D eigenvalue weighted by Gasteiger charge is 2.16. The zero-order valence-electron chi connectivity index (χ0n) is 19.6. The fourth-order valence-electron chi connectivity index (χ4n) is 5.09. The van der Waals surface area contributed by atoms with E-state index < -0.39 is 0 Å². The van der Waals surface area contributed by atoms with Crippen molar-refractivity contribution in [3.63, 3.8) is 0 Å². The third-order valence-corrected chi connectivity index (χ3v) is 6.85. The molecular weight excluding hydrogens is 438 g/mol. The van der Waals surface area contributed by atoms with Gasteiger partial charge in [-0.15, -0.1) is 0 Å². The molecule has 7 rings (SSSR count). The Kier molecular flexibility index (Phi) is 4.82. The molecule has 36 heavy (non-hydrogen) atoms. The van der Waals surface area contributed by atoms with Gasteiger partial charge < -0.3 is 9.32 Å². The molecule has 0 spiro atoms. The Morgan fingerprint density at radius 3 is 1.83 bits per heavy atom. The van der Waals surface area contributed by atoms with Crippen molar-refractivity contribution in [2.45, 2.75) is 0 Å². The summed E-state index contributed by atoms with van der Waals surface area (Å²) < 4.78 is 6.48. The first-order chi connectivity index (χ1) is 17.8. The summed E-state index contributed by atoms with van der Waals surface area (Å²) in [6, 6.07) is 49.0. The van der Waals surface area contributed by atoms with E-state index in [0.717, 1.165) is 44.4 Å². The number of nitrogens with zero attached hydrogens (tertiary/aromatic N) is 1. The van der Waals surface area contributed by atoms with Crippen molar-refractivity contribution in [2.75, 3.05) is 4.90 Å². The van der Waals surface area contributed by atoms with Crippen LogP contribution in [0.4, 0.5) is 17.1 Å². The van der Waals surface area contributed by atoms with Gasteiger partial charge in [-0.25, -0.2) is 0 Å². The van der Waals surface area contributed by atoms with Gasteiger partial charge in [0, 0.05) is 39.3 Å². The van der Waals surface area contributed by atoms with E-state index in [4.69, 9.17) is 4.42 Å². The Morgan fingerprint density at radius 2 is 1.03 bits per heavy atom. The smallest absolute Gasteiger partial charge is 0.143 e. The largest absolute Gasteiger partial charge is 0.455 e. The molecular formula is C34H23NO. The number of anilines is 3. The molecule has 0 unspecified atom stereocenters. The molecule has 6 aromatic carbocycles. The van der Waals surface area contributed by atoms with Gasteiger partial charge in [0.1, 0.15) is 11.2 Å². The van der Waals surface area contributed by atoms with Crippen molar-refractivity contribution in [2.24, 2.45) is 0 Å². The number of hydrogen-bond acceptors (Lipinski definition) is 2. The zero-order valence-corrected chi connectivity index (χ0v) is 19.6. The van der Waals surface area contributed by atoms with Crippen molar-refractivity contribution >= 4 is 49.8 Å². The molecule has 1 heterocycles. The number of para-hydroxylation sites is 1. The number of fused-ring (bicyclic) bond motifs is 5. The molecule has 0 aliphatic carbocycles. The first kappa shape index (κ1) is 20.5. The predicted molar refractivity (Wildman–Crippen MR) is 151 cm³/mol. The molecule has 0 N–H and O–H groups in total. The molecule has 1 aromatic heterocycles. The molecule has 7 aromatic rings. The molecule has 0 saturated heterocycles. The van der Waals surface area contributed by atoms with Crippen molar-refractivity contribution in [1.29, 1.82) is 0 Å². The maximum atomic E-state index is 6.48. The van der Waals surface area contributed by atoms with E-state index in [1.165, 1.54) is 16.5 Å². The van der Waals surface area contributed by atoms with Gasteiger partial charge >= 0.3 is 0 Å². The van der Waals surface area contributed by atoms with Crippen LogP contribution in [0.25, 0.3) is 43.8 Å². The second-order valence-electron chi connectivity index (χ2n) is 9.03. The van der Waals surface area contributed by atoms with Gasteiger partial charge in [0.15, 0.2) is 0 Å². The van der Waals surface area contributed by atoms with Crippen LogP contribution < -0.4 is 4.90 Å². The Labute approximate surface area is 209 Å². The van der Waals surface area contributed by atoms with E-state index in [0.29, 0.717) is 0 Å². The lowest BCUT2D eigenvalue weighted by Gasteiger charge is -2.25. The molecule has 0 aliphatic heterocycles. The number of furan rings is 1. The Morgan fingerprint density at radius 1 is 0.417 bits per heavy atom. The minimum absolute atomic E-state index is 0.890. The van der Waals surface area contributed by atoms with Crippen molar-refractivity contribution < 1.29 is 4.42 Å². The molecule has 0 fully saturated rings. The average Bonchev–Trinajstić information content (AvgIpc) is 3.33. The van der Waals surface area contributed by atoms with Gasteiger partial charge in [-0.1, -0.05) is 91.0 Å². The van der Waals surface area contributed by atoms with Crippen LogP contribution in [0, 0.1) is 0 Å². The van der Waals surface area contributed by atoms with E-state index in [9.17, 15) is 0 Å². The first-order valence-electron chi connectivity index (χ1n) is 12.2. The maximum absolute atomic E-state index is 6.48. The summed E-state index contributed by atoms with van der Waals surface area (Å²) in [6.07, 6.45) is 0. The average molecular weight is 462 g/mol. The van der Waals surface area contributed by atoms with Crippen LogP contribution in [0.3, 0.4) is 0 Å². The Balaban J connectivity index is 1.38. The summed E-state index contributed by atoms with van der Waals surface area (Å²) in [5.74, 6) is 0. The second kappa shape index (κ2) is 8.44. The van der Waals surface area contributed by atoms with E-state index >= 15 is 0 Å². The Hall–Kier alpha value is -4.82. The van der Waals surface area contributed by atoms with Gasteiger partial charge in [0.25, 0.3) is 0 Å². The molecule has 0 radical (unpaired) electrons. The quantitative estimate of drug-likeness (QED) is 0.259. The van der Waals surface area contributed by atoms with Crippen LogP contribution >= 0.6 is 0 Å². The highest BCUT2D eigenvalue weighted by Crippen LogP contribution is 2.40. The van der Waals surface area contributed by atoms with Crippen LogP contribution in [-0.2, 0) is 0 Å². The fourth-order valence-corrected chi connectivity index (χ4v) is 5.09. The SMILES string of the molecule is c1ccc(-c2ccc(N(c3ccccc3)c3ccc4c(c3)oc3c5ccccc5ccc43)cc2)cc1. The van der Waals surface area contributed by atoms with Crippen LogP contribution in [0.5, 0.6) is 0 Å². The standard InChI is InChI=1S/C34H23NO/c1-3-9-24(10-4-1)25-15-18-28(19-16-25)35(27-12-5-2-6-13-27)29-20-22-31-32-21-17-26-11-7-8-14-30(26)34(32)36-33(31)23-29/h1-23H. The molecule has 0 saturated carbocycles. The Bertz CT molecular complexity index is 1820. The van der Waals surface area contributed by atoms with Crippen molar-refractivity contribution in [1.82, 2.24) is 0 Å². The van der Waals surface area contributed by atoms with Crippen LogP contribution in [-0.4, -0.2) is 0 Å². The van der Waals surface area contributed by atoms with E-state index in [-0.39, 0.29) is 0 Å². The number of benzene rings is 6. The number of hydrogen-bond donors (Lipinski definition) is 0. The molecule has 2 nitrogen and oxygen atoms in total. The van der Waals surface area contributed by atoms with Crippen molar-refractivity contribution in [3.05, 3.63) is 140 Å². The third kappa shape index (κ3) is 3.43.